The molecule has 0 saturated heterocycles. The van der Waals surface area contributed by atoms with Gasteiger partial charge >= 0.3 is 0 Å². The van der Waals surface area contributed by atoms with E-state index in [2.05, 4.69) is 59.6 Å². The molecule has 0 aliphatic rings. The molecule has 0 radical (unpaired) electrons. The number of rotatable bonds is 3. The highest BCUT2D eigenvalue weighted by atomic mass is 14.8. The highest BCUT2D eigenvalue weighted by Crippen LogP contribution is 2.17. The molecule has 80 valence electrons. The average Bonchev–Trinajstić information content (AvgIpc) is 2.35. The first kappa shape index (κ1) is 10.7. The van der Waals surface area contributed by atoms with Crippen LogP contribution < -0.4 is 5.32 Å². The molecule has 0 atom stereocenters. The van der Waals surface area contributed by atoms with E-state index in [0.717, 1.165) is 13.1 Å². The SMILES string of the molecule is CC#CCNCc1cccc2ccccc12. The van der Waals surface area contributed by atoms with Crippen molar-refractivity contribution in [1.82, 2.24) is 5.32 Å². The van der Waals surface area contributed by atoms with Crippen molar-refractivity contribution < 1.29 is 0 Å². The number of benzene rings is 2. The predicted octanol–water partition coefficient (Wildman–Crippen LogP) is 2.95. The summed E-state index contributed by atoms with van der Waals surface area (Å²) in [5, 5.41) is 5.94. The Morgan fingerprint density at radius 2 is 1.88 bits per heavy atom. The molecule has 0 aromatic heterocycles. The monoisotopic (exact) mass is 209 g/mol. The third kappa shape index (κ3) is 2.42. The molecule has 0 unspecified atom stereocenters. The van der Waals surface area contributed by atoms with Gasteiger partial charge in [-0.05, 0) is 23.3 Å². The molecule has 0 fully saturated rings. The average molecular weight is 209 g/mol. The molecule has 2 aromatic rings. The quantitative estimate of drug-likeness (QED) is 0.605. The Morgan fingerprint density at radius 1 is 1.06 bits per heavy atom. The van der Waals surface area contributed by atoms with Crippen LogP contribution in [0.2, 0.25) is 0 Å². The van der Waals surface area contributed by atoms with Gasteiger partial charge in [0.15, 0.2) is 0 Å². The lowest BCUT2D eigenvalue weighted by molar-refractivity contribution is 0.774. The van der Waals surface area contributed by atoms with Crippen LogP contribution in [0.4, 0.5) is 0 Å². The molecule has 0 aliphatic heterocycles. The molecular formula is C15H15N. The van der Waals surface area contributed by atoms with E-state index in [1.807, 2.05) is 6.92 Å². The number of fused-ring (bicyclic) bond motifs is 1. The molecule has 0 spiro atoms. The van der Waals surface area contributed by atoms with Crippen molar-refractivity contribution in [2.24, 2.45) is 0 Å². The Morgan fingerprint density at radius 3 is 2.75 bits per heavy atom. The lowest BCUT2D eigenvalue weighted by Crippen LogP contribution is -2.13. The van der Waals surface area contributed by atoms with E-state index in [9.17, 15) is 0 Å². The summed E-state index contributed by atoms with van der Waals surface area (Å²) in [6.45, 7) is 3.48. The molecule has 0 saturated carbocycles. The van der Waals surface area contributed by atoms with E-state index in [-0.39, 0.29) is 0 Å². The van der Waals surface area contributed by atoms with Gasteiger partial charge < -0.3 is 5.32 Å². The van der Waals surface area contributed by atoms with Crippen LogP contribution in [0.15, 0.2) is 42.5 Å². The van der Waals surface area contributed by atoms with Gasteiger partial charge in [0.1, 0.15) is 0 Å². The fourth-order valence-electron chi connectivity index (χ4n) is 1.79. The zero-order chi connectivity index (χ0) is 11.2. The van der Waals surface area contributed by atoms with Crippen LogP contribution in [0, 0.1) is 11.8 Å². The first-order valence-electron chi connectivity index (χ1n) is 5.49. The van der Waals surface area contributed by atoms with Crippen LogP contribution in [0.1, 0.15) is 12.5 Å². The Hall–Kier alpha value is -1.78. The summed E-state index contributed by atoms with van der Waals surface area (Å²) in [5.41, 5.74) is 1.33. The maximum Gasteiger partial charge on any atom is 0.0579 e. The standard InChI is InChI=1S/C15H15N/c1-2-3-11-16-12-14-9-6-8-13-7-4-5-10-15(13)14/h4-10,16H,11-12H2,1H3. The molecular weight excluding hydrogens is 194 g/mol. The molecule has 1 N–H and O–H groups in total. The summed E-state index contributed by atoms with van der Waals surface area (Å²) in [6.07, 6.45) is 0. The summed E-state index contributed by atoms with van der Waals surface area (Å²) in [7, 11) is 0. The van der Waals surface area contributed by atoms with Gasteiger partial charge in [0.2, 0.25) is 0 Å². The minimum atomic E-state index is 0.750. The molecule has 2 aromatic carbocycles. The largest absolute Gasteiger partial charge is 0.302 e. The summed E-state index contributed by atoms with van der Waals surface area (Å²) in [6, 6.07) is 14.9. The van der Waals surface area contributed by atoms with Crippen LogP contribution in [-0.2, 0) is 6.54 Å². The maximum atomic E-state index is 3.32. The minimum absolute atomic E-state index is 0.750. The highest BCUT2D eigenvalue weighted by molar-refractivity contribution is 5.85. The van der Waals surface area contributed by atoms with Crippen LogP contribution in [0.25, 0.3) is 10.8 Å². The van der Waals surface area contributed by atoms with Crippen LogP contribution in [0.3, 0.4) is 0 Å². The molecule has 0 amide bonds. The number of hydrogen-bond acceptors (Lipinski definition) is 1. The van der Waals surface area contributed by atoms with Gasteiger partial charge in [-0.25, -0.2) is 0 Å². The Kier molecular flexibility index (Phi) is 3.58. The van der Waals surface area contributed by atoms with Crippen LogP contribution in [0.5, 0.6) is 0 Å². The van der Waals surface area contributed by atoms with Crippen molar-refractivity contribution in [3.8, 4) is 11.8 Å². The van der Waals surface area contributed by atoms with E-state index in [4.69, 9.17) is 0 Å². The first-order valence-corrected chi connectivity index (χ1v) is 5.49. The molecule has 0 heterocycles. The smallest absolute Gasteiger partial charge is 0.0579 e. The molecule has 0 bridgehead atoms. The number of hydrogen-bond donors (Lipinski definition) is 1. The second-order valence-corrected chi connectivity index (χ2v) is 3.67. The van der Waals surface area contributed by atoms with Crippen molar-refractivity contribution in [3.05, 3.63) is 48.0 Å². The zero-order valence-electron chi connectivity index (χ0n) is 9.46. The summed E-state index contributed by atoms with van der Waals surface area (Å²) in [5.74, 6) is 5.88. The third-order valence-electron chi connectivity index (χ3n) is 2.59. The Bertz CT molecular complexity index is 526. The van der Waals surface area contributed by atoms with Crippen LogP contribution >= 0.6 is 0 Å². The van der Waals surface area contributed by atoms with Crippen molar-refractivity contribution in [2.75, 3.05) is 6.54 Å². The Balaban J connectivity index is 2.19. The Labute approximate surface area is 96.5 Å². The van der Waals surface area contributed by atoms with E-state index >= 15 is 0 Å². The van der Waals surface area contributed by atoms with Crippen molar-refractivity contribution >= 4 is 10.8 Å². The van der Waals surface area contributed by atoms with E-state index in [0.29, 0.717) is 0 Å². The lowest BCUT2D eigenvalue weighted by atomic mass is 10.0. The van der Waals surface area contributed by atoms with Gasteiger partial charge in [0.25, 0.3) is 0 Å². The lowest BCUT2D eigenvalue weighted by Gasteiger charge is -2.06. The number of nitrogens with one attached hydrogen (secondary N) is 1. The highest BCUT2D eigenvalue weighted by Gasteiger charge is 1.98. The van der Waals surface area contributed by atoms with Gasteiger partial charge in [0, 0.05) is 6.54 Å². The summed E-state index contributed by atoms with van der Waals surface area (Å²) in [4.78, 5) is 0. The van der Waals surface area contributed by atoms with Crippen molar-refractivity contribution in [1.29, 1.82) is 0 Å². The second-order valence-electron chi connectivity index (χ2n) is 3.67. The van der Waals surface area contributed by atoms with Gasteiger partial charge in [-0.15, -0.1) is 5.92 Å². The first-order chi connectivity index (χ1) is 7.92. The second kappa shape index (κ2) is 5.34. The molecule has 1 nitrogen and oxygen atoms in total. The van der Waals surface area contributed by atoms with Gasteiger partial charge in [-0.1, -0.05) is 48.4 Å². The molecule has 2 rings (SSSR count). The molecule has 1 heteroatoms. The predicted molar refractivity (Wildman–Crippen MR) is 69.1 cm³/mol. The van der Waals surface area contributed by atoms with Crippen molar-refractivity contribution in [3.63, 3.8) is 0 Å². The van der Waals surface area contributed by atoms with E-state index in [1.54, 1.807) is 0 Å². The van der Waals surface area contributed by atoms with Gasteiger partial charge in [0.05, 0.1) is 6.54 Å². The van der Waals surface area contributed by atoms with E-state index in [1.165, 1.54) is 16.3 Å². The van der Waals surface area contributed by atoms with Crippen LogP contribution in [-0.4, -0.2) is 6.54 Å². The minimum Gasteiger partial charge on any atom is -0.302 e. The fourth-order valence-corrected chi connectivity index (χ4v) is 1.79. The van der Waals surface area contributed by atoms with E-state index < -0.39 is 0 Å². The summed E-state index contributed by atoms with van der Waals surface area (Å²) < 4.78 is 0. The topological polar surface area (TPSA) is 12.0 Å². The van der Waals surface area contributed by atoms with Gasteiger partial charge in [-0.2, -0.15) is 0 Å². The third-order valence-corrected chi connectivity index (χ3v) is 2.59. The van der Waals surface area contributed by atoms with Crippen molar-refractivity contribution in [2.45, 2.75) is 13.5 Å². The normalized spacial score (nSPS) is 9.81. The molecule has 16 heavy (non-hydrogen) atoms. The fraction of sp³-hybridized carbons (Fsp3) is 0.200. The molecule has 0 aliphatic carbocycles. The maximum absolute atomic E-state index is 3.32. The van der Waals surface area contributed by atoms with Gasteiger partial charge in [-0.3, -0.25) is 0 Å². The zero-order valence-corrected chi connectivity index (χ0v) is 9.46. The summed E-state index contributed by atoms with van der Waals surface area (Å²) >= 11 is 0.